The maximum atomic E-state index is 12.8. The molecule has 0 saturated heterocycles. The van der Waals surface area contributed by atoms with Crippen molar-refractivity contribution in [2.45, 2.75) is 26.1 Å². The fourth-order valence-corrected chi connectivity index (χ4v) is 1.09. The van der Waals surface area contributed by atoms with Gasteiger partial charge < -0.3 is 9.84 Å². The van der Waals surface area contributed by atoms with Gasteiger partial charge in [0.05, 0.1) is 12.7 Å². The zero-order valence-corrected chi connectivity index (χ0v) is 8.40. The molecule has 0 spiro atoms. The molecule has 0 saturated carbocycles. The summed E-state index contributed by atoms with van der Waals surface area (Å²) in [5, 5.41) is 9.60. The van der Waals surface area contributed by atoms with Crippen LogP contribution in [0.3, 0.4) is 0 Å². The Morgan fingerprint density at radius 3 is 2.71 bits per heavy atom. The number of hydrogen-bond donors (Lipinski definition) is 1. The third kappa shape index (κ3) is 3.44. The summed E-state index contributed by atoms with van der Waals surface area (Å²) in [5.41, 5.74) is 0.547. The number of benzene rings is 1. The highest BCUT2D eigenvalue weighted by Gasteiger charge is 2.08. The Balaban J connectivity index is 2.56. The molecule has 0 radical (unpaired) electrons. The molecule has 1 aromatic rings. The van der Waals surface area contributed by atoms with Crippen LogP contribution in [0.25, 0.3) is 0 Å². The second-order valence-corrected chi connectivity index (χ2v) is 3.45. The first-order valence-corrected chi connectivity index (χ1v) is 4.64. The Kier molecular flexibility index (Phi) is 4.04. The molecule has 0 amide bonds. The fourth-order valence-electron chi connectivity index (χ4n) is 1.09. The number of aliphatic hydroxyl groups is 1. The van der Waals surface area contributed by atoms with E-state index in [-0.39, 0.29) is 18.5 Å². The van der Waals surface area contributed by atoms with E-state index in [4.69, 9.17) is 4.74 Å². The smallest absolute Gasteiger partial charge is 0.123 e. The summed E-state index contributed by atoms with van der Waals surface area (Å²) >= 11 is 0. The third-order valence-corrected chi connectivity index (χ3v) is 1.82. The quantitative estimate of drug-likeness (QED) is 0.804. The van der Waals surface area contributed by atoms with Gasteiger partial charge in [0.2, 0.25) is 0 Å². The van der Waals surface area contributed by atoms with Crippen LogP contribution in [-0.2, 0) is 4.74 Å². The zero-order valence-electron chi connectivity index (χ0n) is 8.40. The van der Waals surface area contributed by atoms with Crippen LogP contribution in [0.4, 0.5) is 4.39 Å². The van der Waals surface area contributed by atoms with E-state index in [0.717, 1.165) is 0 Å². The molecule has 1 aromatic carbocycles. The monoisotopic (exact) mass is 198 g/mol. The molecule has 1 unspecified atom stereocenters. The maximum absolute atomic E-state index is 12.8. The number of aliphatic hydroxyl groups excluding tert-OH is 1. The number of ether oxygens (including phenoxy) is 1. The Bertz CT molecular complexity index is 286. The minimum absolute atomic E-state index is 0.0678. The molecule has 1 atom stereocenters. The Hall–Kier alpha value is -0.930. The van der Waals surface area contributed by atoms with Gasteiger partial charge in [0.15, 0.2) is 0 Å². The average molecular weight is 198 g/mol. The van der Waals surface area contributed by atoms with Gasteiger partial charge >= 0.3 is 0 Å². The van der Waals surface area contributed by atoms with E-state index in [1.165, 1.54) is 12.1 Å². The summed E-state index contributed by atoms with van der Waals surface area (Å²) in [6, 6.07) is 5.91. The van der Waals surface area contributed by atoms with E-state index in [2.05, 4.69) is 0 Å². The van der Waals surface area contributed by atoms with Crippen LogP contribution in [-0.4, -0.2) is 17.8 Å². The first-order chi connectivity index (χ1) is 6.59. The normalized spacial score (nSPS) is 13.2. The second-order valence-electron chi connectivity index (χ2n) is 3.45. The highest BCUT2D eigenvalue weighted by molar-refractivity contribution is 5.18. The molecule has 1 rings (SSSR count). The van der Waals surface area contributed by atoms with Gasteiger partial charge in [-0.15, -0.1) is 0 Å². The van der Waals surface area contributed by atoms with Crippen molar-refractivity contribution in [3.8, 4) is 0 Å². The largest absolute Gasteiger partial charge is 0.386 e. The van der Waals surface area contributed by atoms with E-state index in [1.807, 2.05) is 13.8 Å². The molecular weight excluding hydrogens is 183 g/mol. The molecule has 1 N–H and O–H groups in total. The highest BCUT2D eigenvalue weighted by Crippen LogP contribution is 2.14. The lowest BCUT2D eigenvalue weighted by Crippen LogP contribution is -2.11. The summed E-state index contributed by atoms with van der Waals surface area (Å²) < 4.78 is 18.0. The summed E-state index contributed by atoms with van der Waals surface area (Å²) in [7, 11) is 0. The molecule has 0 heterocycles. The minimum atomic E-state index is -0.756. The average Bonchev–Trinajstić information content (AvgIpc) is 2.14. The standard InChI is InChI=1S/C11H15FO2/c1-8(2)14-7-11(13)9-4-3-5-10(12)6-9/h3-6,8,11,13H,7H2,1-2H3. The van der Waals surface area contributed by atoms with Crippen LogP contribution in [0.1, 0.15) is 25.5 Å². The predicted octanol–water partition coefficient (Wildman–Crippen LogP) is 2.28. The molecule has 3 heteroatoms. The molecule has 0 aliphatic rings. The van der Waals surface area contributed by atoms with Crippen molar-refractivity contribution in [1.82, 2.24) is 0 Å². The molecule has 0 aliphatic carbocycles. The van der Waals surface area contributed by atoms with Gasteiger partial charge in [-0.2, -0.15) is 0 Å². The van der Waals surface area contributed by atoms with Gasteiger partial charge in [-0.05, 0) is 31.5 Å². The van der Waals surface area contributed by atoms with Crippen molar-refractivity contribution < 1.29 is 14.2 Å². The molecule has 0 aliphatic heterocycles. The SMILES string of the molecule is CC(C)OCC(O)c1cccc(F)c1. The van der Waals surface area contributed by atoms with E-state index >= 15 is 0 Å². The first kappa shape index (κ1) is 11.1. The molecule has 14 heavy (non-hydrogen) atoms. The number of halogens is 1. The minimum Gasteiger partial charge on any atom is -0.386 e. The molecular formula is C11H15FO2. The maximum Gasteiger partial charge on any atom is 0.123 e. The van der Waals surface area contributed by atoms with Gasteiger partial charge in [-0.1, -0.05) is 12.1 Å². The van der Waals surface area contributed by atoms with E-state index in [0.29, 0.717) is 5.56 Å². The number of rotatable bonds is 4. The Labute approximate surface area is 83.3 Å². The first-order valence-electron chi connectivity index (χ1n) is 4.64. The van der Waals surface area contributed by atoms with Crippen LogP contribution in [0, 0.1) is 5.82 Å². The fraction of sp³-hybridized carbons (Fsp3) is 0.455. The van der Waals surface area contributed by atoms with Crippen molar-refractivity contribution in [3.63, 3.8) is 0 Å². The van der Waals surface area contributed by atoms with Crippen molar-refractivity contribution in [1.29, 1.82) is 0 Å². The van der Waals surface area contributed by atoms with Crippen LogP contribution < -0.4 is 0 Å². The lowest BCUT2D eigenvalue weighted by Gasteiger charge is -2.13. The highest BCUT2D eigenvalue weighted by atomic mass is 19.1. The molecule has 0 bridgehead atoms. The molecule has 78 valence electrons. The Morgan fingerprint density at radius 2 is 2.14 bits per heavy atom. The number of hydrogen-bond acceptors (Lipinski definition) is 2. The van der Waals surface area contributed by atoms with E-state index in [9.17, 15) is 9.50 Å². The van der Waals surface area contributed by atoms with Crippen LogP contribution >= 0.6 is 0 Å². The van der Waals surface area contributed by atoms with Crippen LogP contribution in [0.15, 0.2) is 24.3 Å². The van der Waals surface area contributed by atoms with Crippen LogP contribution in [0.2, 0.25) is 0 Å². The van der Waals surface area contributed by atoms with Gasteiger partial charge in [0.1, 0.15) is 11.9 Å². The van der Waals surface area contributed by atoms with Crippen molar-refractivity contribution in [2.24, 2.45) is 0 Å². The summed E-state index contributed by atoms with van der Waals surface area (Å²) in [5.74, 6) is -0.342. The predicted molar refractivity (Wildman–Crippen MR) is 52.4 cm³/mol. The van der Waals surface area contributed by atoms with Gasteiger partial charge in [0, 0.05) is 0 Å². The van der Waals surface area contributed by atoms with Gasteiger partial charge in [-0.3, -0.25) is 0 Å². The molecule has 0 fully saturated rings. The summed E-state index contributed by atoms with van der Waals surface area (Å²) in [6.45, 7) is 3.97. The van der Waals surface area contributed by atoms with Crippen molar-refractivity contribution in [3.05, 3.63) is 35.6 Å². The van der Waals surface area contributed by atoms with Crippen LogP contribution in [0.5, 0.6) is 0 Å². The van der Waals surface area contributed by atoms with Gasteiger partial charge in [0.25, 0.3) is 0 Å². The lowest BCUT2D eigenvalue weighted by atomic mass is 10.1. The summed E-state index contributed by atoms with van der Waals surface area (Å²) in [4.78, 5) is 0. The summed E-state index contributed by atoms with van der Waals surface area (Å²) in [6.07, 6.45) is -0.689. The van der Waals surface area contributed by atoms with Gasteiger partial charge in [-0.25, -0.2) is 4.39 Å². The topological polar surface area (TPSA) is 29.5 Å². The second kappa shape index (κ2) is 5.08. The Morgan fingerprint density at radius 1 is 1.43 bits per heavy atom. The molecule has 0 aromatic heterocycles. The zero-order chi connectivity index (χ0) is 10.6. The lowest BCUT2D eigenvalue weighted by molar-refractivity contribution is 0.00483. The third-order valence-electron chi connectivity index (χ3n) is 1.82. The van der Waals surface area contributed by atoms with E-state index < -0.39 is 6.10 Å². The van der Waals surface area contributed by atoms with E-state index in [1.54, 1.807) is 12.1 Å². The van der Waals surface area contributed by atoms with Crippen molar-refractivity contribution in [2.75, 3.05) is 6.61 Å². The van der Waals surface area contributed by atoms with Crippen molar-refractivity contribution >= 4 is 0 Å². The molecule has 2 nitrogen and oxygen atoms in total.